The normalized spacial score (nSPS) is 10.3. The molecule has 0 fully saturated rings. The monoisotopic (exact) mass is 339 g/mol. The summed E-state index contributed by atoms with van der Waals surface area (Å²) >= 11 is 11.3. The van der Waals surface area contributed by atoms with Gasteiger partial charge in [-0.2, -0.15) is 5.10 Å². The second kappa shape index (κ2) is 7.19. The minimum Gasteiger partial charge on any atom is -0.357 e. The number of nitrogens with one attached hydrogen (secondary N) is 2. The number of non-ortho nitro benzene ring substituents is 1. The predicted octanol–water partition coefficient (Wildman–Crippen LogP) is 2.95. The minimum absolute atomic E-state index is 0.0306. The molecule has 116 valence electrons. The van der Waals surface area contributed by atoms with Gasteiger partial charge < -0.3 is 10.6 Å². The molecule has 1 heterocycles. The van der Waals surface area contributed by atoms with Crippen LogP contribution in [0, 0.1) is 10.1 Å². The molecule has 2 aromatic rings. The predicted molar refractivity (Wildman–Crippen MR) is 89.1 cm³/mol. The molecule has 0 aliphatic heterocycles. The van der Waals surface area contributed by atoms with Crippen molar-refractivity contribution in [3.8, 4) is 0 Å². The van der Waals surface area contributed by atoms with Gasteiger partial charge in [-0.25, -0.2) is 0 Å². The minimum atomic E-state index is -0.450. The number of hydrogen-bond acceptors (Lipinski definition) is 4. The van der Waals surface area contributed by atoms with Crippen LogP contribution >= 0.6 is 23.8 Å². The first-order chi connectivity index (χ1) is 10.5. The number of anilines is 1. The van der Waals surface area contributed by atoms with Crippen LogP contribution in [0.3, 0.4) is 0 Å². The number of thiocarbonyl (C=S) groups is 1. The number of nitro groups is 1. The lowest BCUT2D eigenvalue weighted by atomic mass is 10.3. The highest BCUT2D eigenvalue weighted by molar-refractivity contribution is 7.80. The number of benzene rings is 1. The molecule has 2 rings (SSSR count). The Hall–Kier alpha value is -2.19. The Kier molecular flexibility index (Phi) is 5.29. The van der Waals surface area contributed by atoms with Gasteiger partial charge >= 0.3 is 0 Å². The maximum atomic E-state index is 10.6. The SMILES string of the molecule is CCn1ncc(Cl)c1CNC(=S)Nc1ccc([N+](=O)[O-])cc1. The Labute approximate surface area is 137 Å². The van der Waals surface area contributed by atoms with Crippen molar-refractivity contribution in [1.82, 2.24) is 15.1 Å². The summed E-state index contributed by atoms with van der Waals surface area (Å²) in [5.74, 6) is 0. The van der Waals surface area contributed by atoms with Crippen LogP contribution in [0.25, 0.3) is 0 Å². The van der Waals surface area contributed by atoms with Crippen LogP contribution in [0.4, 0.5) is 11.4 Å². The van der Waals surface area contributed by atoms with E-state index < -0.39 is 4.92 Å². The van der Waals surface area contributed by atoms with Crippen molar-refractivity contribution in [2.75, 3.05) is 5.32 Å². The first-order valence-corrected chi connectivity index (χ1v) is 7.29. The van der Waals surface area contributed by atoms with E-state index in [0.717, 1.165) is 5.69 Å². The summed E-state index contributed by atoms with van der Waals surface area (Å²) in [7, 11) is 0. The highest BCUT2D eigenvalue weighted by Crippen LogP contribution is 2.16. The van der Waals surface area contributed by atoms with Crippen LogP contribution in [0.1, 0.15) is 12.6 Å². The molecule has 2 N–H and O–H groups in total. The molecule has 0 atom stereocenters. The van der Waals surface area contributed by atoms with E-state index in [1.807, 2.05) is 6.92 Å². The molecule has 0 aliphatic rings. The van der Waals surface area contributed by atoms with E-state index in [0.29, 0.717) is 28.9 Å². The van der Waals surface area contributed by atoms with E-state index in [-0.39, 0.29) is 5.69 Å². The first-order valence-electron chi connectivity index (χ1n) is 6.50. The summed E-state index contributed by atoms with van der Waals surface area (Å²) in [5.41, 5.74) is 1.54. The van der Waals surface area contributed by atoms with Crippen molar-refractivity contribution >= 4 is 40.3 Å². The number of nitrogens with zero attached hydrogens (tertiary/aromatic N) is 3. The van der Waals surface area contributed by atoms with Crippen molar-refractivity contribution in [1.29, 1.82) is 0 Å². The molecule has 7 nitrogen and oxygen atoms in total. The zero-order chi connectivity index (χ0) is 16.1. The zero-order valence-electron chi connectivity index (χ0n) is 11.7. The molecule has 1 aromatic heterocycles. The van der Waals surface area contributed by atoms with Crippen molar-refractivity contribution in [2.45, 2.75) is 20.0 Å². The summed E-state index contributed by atoms with van der Waals surface area (Å²) < 4.78 is 1.78. The van der Waals surface area contributed by atoms with E-state index in [4.69, 9.17) is 23.8 Å². The maximum Gasteiger partial charge on any atom is 0.269 e. The van der Waals surface area contributed by atoms with Gasteiger partial charge in [0, 0.05) is 24.4 Å². The molecule has 22 heavy (non-hydrogen) atoms. The van der Waals surface area contributed by atoms with Gasteiger partial charge in [-0.15, -0.1) is 0 Å². The molecule has 0 radical (unpaired) electrons. The fraction of sp³-hybridized carbons (Fsp3) is 0.231. The van der Waals surface area contributed by atoms with E-state index >= 15 is 0 Å². The van der Waals surface area contributed by atoms with Gasteiger partial charge in [-0.3, -0.25) is 14.8 Å². The first kappa shape index (κ1) is 16.2. The lowest BCUT2D eigenvalue weighted by Gasteiger charge is -2.11. The van der Waals surface area contributed by atoms with Gasteiger partial charge in [-0.1, -0.05) is 11.6 Å². The van der Waals surface area contributed by atoms with Crippen LogP contribution < -0.4 is 10.6 Å². The van der Waals surface area contributed by atoms with Gasteiger partial charge in [0.15, 0.2) is 5.11 Å². The van der Waals surface area contributed by atoms with Crippen LogP contribution in [0.15, 0.2) is 30.5 Å². The van der Waals surface area contributed by atoms with Gasteiger partial charge in [-0.05, 0) is 31.3 Å². The molecule has 0 unspecified atom stereocenters. The average molecular weight is 340 g/mol. The summed E-state index contributed by atoms with van der Waals surface area (Å²) in [5, 5.41) is 21.7. The molecular weight excluding hydrogens is 326 g/mol. The number of nitro benzene ring substituents is 1. The topological polar surface area (TPSA) is 85.0 Å². The molecule has 0 amide bonds. The van der Waals surface area contributed by atoms with Gasteiger partial charge in [0.1, 0.15) is 0 Å². The smallest absolute Gasteiger partial charge is 0.269 e. The van der Waals surface area contributed by atoms with E-state index in [2.05, 4.69) is 15.7 Å². The number of aromatic nitrogens is 2. The van der Waals surface area contributed by atoms with Gasteiger partial charge in [0.05, 0.1) is 28.4 Å². The molecular formula is C13H14ClN5O2S. The fourth-order valence-electron chi connectivity index (χ4n) is 1.84. The van der Waals surface area contributed by atoms with Crippen molar-refractivity contribution in [3.63, 3.8) is 0 Å². The standard InChI is InChI=1S/C13H14ClN5O2S/c1-2-18-12(11(14)7-16-18)8-15-13(22)17-9-3-5-10(6-4-9)19(20)21/h3-7H,2,8H2,1H3,(H2,15,17,22). The third-order valence-electron chi connectivity index (χ3n) is 2.95. The molecule has 0 spiro atoms. The Bertz CT molecular complexity index is 686. The Balaban J connectivity index is 1.93. The van der Waals surface area contributed by atoms with Crippen LogP contribution in [0.2, 0.25) is 5.02 Å². The summed E-state index contributed by atoms with van der Waals surface area (Å²) in [6, 6.07) is 6.01. The number of halogens is 1. The Morgan fingerprint density at radius 1 is 1.45 bits per heavy atom. The third kappa shape index (κ3) is 3.92. The van der Waals surface area contributed by atoms with E-state index in [1.165, 1.54) is 12.1 Å². The second-order valence-corrected chi connectivity index (χ2v) is 5.18. The molecule has 0 bridgehead atoms. The van der Waals surface area contributed by atoms with Crippen molar-refractivity contribution in [2.24, 2.45) is 0 Å². The number of hydrogen-bond donors (Lipinski definition) is 2. The third-order valence-corrected chi connectivity index (χ3v) is 3.51. The molecule has 0 saturated heterocycles. The number of aryl methyl sites for hydroxylation is 1. The fourth-order valence-corrected chi connectivity index (χ4v) is 2.24. The largest absolute Gasteiger partial charge is 0.357 e. The van der Waals surface area contributed by atoms with E-state index in [1.54, 1.807) is 23.0 Å². The Morgan fingerprint density at radius 2 is 2.14 bits per heavy atom. The molecule has 0 saturated carbocycles. The van der Waals surface area contributed by atoms with Gasteiger partial charge in [0.25, 0.3) is 5.69 Å². The van der Waals surface area contributed by atoms with Crippen molar-refractivity contribution < 1.29 is 4.92 Å². The highest BCUT2D eigenvalue weighted by Gasteiger charge is 2.09. The van der Waals surface area contributed by atoms with Gasteiger partial charge in [0.2, 0.25) is 0 Å². The zero-order valence-corrected chi connectivity index (χ0v) is 13.3. The molecule has 0 aliphatic carbocycles. The highest BCUT2D eigenvalue weighted by atomic mass is 35.5. The van der Waals surface area contributed by atoms with Crippen LogP contribution in [-0.2, 0) is 13.1 Å². The quantitative estimate of drug-likeness (QED) is 0.495. The average Bonchev–Trinajstić information content (AvgIpc) is 2.86. The van der Waals surface area contributed by atoms with Crippen molar-refractivity contribution in [3.05, 3.63) is 51.3 Å². The molecule has 9 heteroatoms. The lowest BCUT2D eigenvalue weighted by Crippen LogP contribution is -2.29. The Morgan fingerprint density at radius 3 is 2.73 bits per heavy atom. The second-order valence-electron chi connectivity index (χ2n) is 4.37. The summed E-state index contributed by atoms with van der Waals surface area (Å²) in [4.78, 5) is 10.1. The van der Waals surface area contributed by atoms with Crippen LogP contribution in [-0.4, -0.2) is 19.8 Å². The van der Waals surface area contributed by atoms with E-state index in [9.17, 15) is 10.1 Å². The van der Waals surface area contributed by atoms with Crippen LogP contribution in [0.5, 0.6) is 0 Å². The number of rotatable bonds is 5. The molecule has 1 aromatic carbocycles. The summed E-state index contributed by atoms with van der Waals surface area (Å²) in [6.07, 6.45) is 1.59. The lowest BCUT2D eigenvalue weighted by molar-refractivity contribution is -0.384. The maximum absolute atomic E-state index is 10.6. The summed E-state index contributed by atoms with van der Waals surface area (Å²) in [6.45, 7) is 3.12.